The SMILES string of the molecule is O=C(O)/C=C/c1cccc(S(=O)(=O)NC2CCOC2)c1. The van der Waals surface area contributed by atoms with Crippen LogP contribution in [-0.4, -0.2) is 38.7 Å². The number of rotatable bonds is 5. The number of carboxylic acid groups (broad SMARTS) is 1. The van der Waals surface area contributed by atoms with E-state index in [1.807, 2.05) is 0 Å². The third-order valence-corrected chi connectivity index (χ3v) is 4.36. The van der Waals surface area contributed by atoms with Crippen LogP contribution in [0.25, 0.3) is 6.08 Å². The van der Waals surface area contributed by atoms with Gasteiger partial charge in [-0.25, -0.2) is 17.9 Å². The van der Waals surface area contributed by atoms with Crippen molar-refractivity contribution in [2.45, 2.75) is 17.4 Å². The molecule has 0 spiro atoms. The van der Waals surface area contributed by atoms with Crippen LogP contribution in [0.2, 0.25) is 0 Å². The number of carboxylic acids is 1. The number of benzene rings is 1. The first-order valence-electron chi connectivity index (χ1n) is 6.08. The third-order valence-electron chi connectivity index (χ3n) is 2.84. The average Bonchev–Trinajstić information content (AvgIpc) is 2.89. The first kappa shape index (κ1) is 14.7. The topological polar surface area (TPSA) is 92.7 Å². The highest BCUT2D eigenvalue weighted by Gasteiger charge is 2.23. The Morgan fingerprint density at radius 1 is 1.45 bits per heavy atom. The van der Waals surface area contributed by atoms with Gasteiger partial charge in [-0.3, -0.25) is 0 Å². The van der Waals surface area contributed by atoms with E-state index in [0.717, 1.165) is 6.08 Å². The van der Waals surface area contributed by atoms with Gasteiger partial charge in [0.1, 0.15) is 0 Å². The van der Waals surface area contributed by atoms with Crippen LogP contribution in [0.15, 0.2) is 35.2 Å². The highest BCUT2D eigenvalue weighted by molar-refractivity contribution is 7.89. The Bertz CT molecular complexity index is 617. The minimum Gasteiger partial charge on any atom is -0.478 e. The molecule has 1 atom stereocenters. The number of carbonyl (C=O) groups is 1. The molecule has 1 heterocycles. The van der Waals surface area contributed by atoms with E-state index in [2.05, 4.69) is 4.72 Å². The van der Waals surface area contributed by atoms with Crippen LogP contribution in [0.4, 0.5) is 0 Å². The van der Waals surface area contributed by atoms with E-state index < -0.39 is 16.0 Å². The second kappa shape index (κ2) is 6.17. The van der Waals surface area contributed by atoms with Crippen LogP contribution in [0.1, 0.15) is 12.0 Å². The second-order valence-corrected chi connectivity index (χ2v) is 6.14. The Hall–Kier alpha value is -1.70. The van der Waals surface area contributed by atoms with Crippen LogP contribution in [0, 0.1) is 0 Å². The molecule has 0 amide bonds. The van der Waals surface area contributed by atoms with Gasteiger partial charge < -0.3 is 9.84 Å². The van der Waals surface area contributed by atoms with Crippen molar-refractivity contribution in [3.05, 3.63) is 35.9 Å². The number of ether oxygens (including phenoxy) is 1. The Morgan fingerprint density at radius 2 is 2.25 bits per heavy atom. The van der Waals surface area contributed by atoms with Crippen molar-refractivity contribution in [3.63, 3.8) is 0 Å². The Kier molecular flexibility index (Phi) is 4.53. The fraction of sp³-hybridized carbons (Fsp3) is 0.308. The maximum Gasteiger partial charge on any atom is 0.328 e. The summed E-state index contributed by atoms with van der Waals surface area (Å²) in [6.45, 7) is 0.923. The van der Waals surface area contributed by atoms with E-state index in [1.54, 1.807) is 12.1 Å². The van der Waals surface area contributed by atoms with Crippen LogP contribution >= 0.6 is 0 Å². The normalized spacial score (nSPS) is 19.5. The quantitative estimate of drug-likeness (QED) is 0.786. The molecule has 1 aliphatic heterocycles. The third kappa shape index (κ3) is 3.89. The molecule has 1 unspecified atom stereocenters. The van der Waals surface area contributed by atoms with Crippen LogP contribution in [-0.2, 0) is 19.6 Å². The number of hydrogen-bond acceptors (Lipinski definition) is 4. The average molecular weight is 297 g/mol. The maximum absolute atomic E-state index is 12.2. The molecule has 0 bridgehead atoms. The molecule has 6 nitrogen and oxygen atoms in total. The smallest absolute Gasteiger partial charge is 0.328 e. The van der Waals surface area contributed by atoms with Gasteiger partial charge in [0.05, 0.1) is 11.5 Å². The van der Waals surface area contributed by atoms with Crippen molar-refractivity contribution in [1.82, 2.24) is 4.72 Å². The molecule has 0 aliphatic carbocycles. The van der Waals surface area contributed by atoms with Crippen molar-refractivity contribution in [3.8, 4) is 0 Å². The first-order valence-corrected chi connectivity index (χ1v) is 7.57. The lowest BCUT2D eigenvalue weighted by atomic mass is 10.2. The molecule has 1 aliphatic rings. The molecule has 20 heavy (non-hydrogen) atoms. The Morgan fingerprint density at radius 3 is 2.90 bits per heavy atom. The zero-order valence-electron chi connectivity index (χ0n) is 10.7. The summed E-state index contributed by atoms with van der Waals surface area (Å²) >= 11 is 0. The van der Waals surface area contributed by atoms with E-state index in [-0.39, 0.29) is 10.9 Å². The molecule has 2 rings (SSSR count). The minimum absolute atomic E-state index is 0.108. The molecule has 1 aromatic rings. The predicted molar refractivity (Wildman–Crippen MR) is 72.7 cm³/mol. The molecule has 1 fully saturated rings. The van der Waals surface area contributed by atoms with E-state index in [4.69, 9.17) is 9.84 Å². The summed E-state index contributed by atoms with van der Waals surface area (Å²) in [6, 6.07) is 5.89. The number of sulfonamides is 1. The lowest BCUT2D eigenvalue weighted by molar-refractivity contribution is -0.131. The van der Waals surface area contributed by atoms with Crippen molar-refractivity contribution in [2.75, 3.05) is 13.2 Å². The standard InChI is InChI=1S/C13H15NO5S/c15-13(16)5-4-10-2-1-3-12(8-10)20(17,18)14-11-6-7-19-9-11/h1-5,8,11,14H,6-7,9H2,(H,15,16)/b5-4+. The van der Waals surface area contributed by atoms with Crippen molar-refractivity contribution in [1.29, 1.82) is 0 Å². The van der Waals surface area contributed by atoms with Gasteiger partial charge in [0.25, 0.3) is 0 Å². The lowest BCUT2D eigenvalue weighted by Gasteiger charge is -2.11. The Balaban J connectivity index is 2.18. The van der Waals surface area contributed by atoms with Gasteiger partial charge in [0, 0.05) is 18.7 Å². The fourth-order valence-electron chi connectivity index (χ4n) is 1.87. The fourth-order valence-corrected chi connectivity index (χ4v) is 3.18. The molecule has 0 aromatic heterocycles. The molecule has 1 saturated heterocycles. The number of hydrogen-bond donors (Lipinski definition) is 2. The van der Waals surface area contributed by atoms with E-state index in [0.29, 0.717) is 25.2 Å². The Labute approximate surface area is 117 Å². The van der Waals surface area contributed by atoms with Gasteiger partial charge in [-0.1, -0.05) is 12.1 Å². The van der Waals surface area contributed by atoms with Gasteiger partial charge in [-0.05, 0) is 30.2 Å². The van der Waals surface area contributed by atoms with Gasteiger partial charge in [0.2, 0.25) is 10.0 Å². The van der Waals surface area contributed by atoms with Crippen molar-refractivity contribution in [2.24, 2.45) is 0 Å². The molecule has 108 valence electrons. The summed E-state index contributed by atoms with van der Waals surface area (Å²) in [5.74, 6) is -1.08. The van der Waals surface area contributed by atoms with Crippen LogP contribution in [0.5, 0.6) is 0 Å². The highest BCUT2D eigenvalue weighted by Crippen LogP contribution is 2.15. The summed E-state index contributed by atoms with van der Waals surface area (Å²) < 4.78 is 32.0. The van der Waals surface area contributed by atoms with E-state index in [1.165, 1.54) is 18.2 Å². The van der Waals surface area contributed by atoms with Gasteiger partial charge in [-0.2, -0.15) is 0 Å². The zero-order valence-corrected chi connectivity index (χ0v) is 11.5. The summed E-state index contributed by atoms with van der Waals surface area (Å²) in [5.41, 5.74) is 0.512. The molecular weight excluding hydrogens is 282 g/mol. The summed E-state index contributed by atoms with van der Waals surface area (Å²) in [5, 5.41) is 8.56. The summed E-state index contributed by atoms with van der Waals surface area (Å²) in [7, 11) is -3.62. The summed E-state index contributed by atoms with van der Waals surface area (Å²) in [6.07, 6.45) is 2.96. The summed E-state index contributed by atoms with van der Waals surface area (Å²) in [4.78, 5) is 10.6. The monoisotopic (exact) mass is 297 g/mol. The maximum atomic E-state index is 12.2. The minimum atomic E-state index is -3.62. The van der Waals surface area contributed by atoms with Crippen LogP contribution in [0.3, 0.4) is 0 Å². The first-order chi connectivity index (χ1) is 9.47. The van der Waals surface area contributed by atoms with Gasteiger partial charge >= 0.3 is 5.97 Å². The molecule has 7 heteroatoms. The number of nitrogens with one attached hydrogen (secondary N) is 1. The molecule has 1 aromatic carbocycles. The van der Waals surface area contributed by atoms with Gasteiger partial charge in [-0.15, -0.1) is 0 Å². The largest absolute Gasteiger partial charge is 0.478 e. The van der Waals surface area contributed by atoms with Crippen molar-refractivity contribution >= 4 is 22.1 Å². The van der Waals surface area contributed by atoms with Crippen LogP contribution < -0.4 is 4.72 Å². The molecule has 2 N–H and O–H groups in total. The molecular formula is C13H15NO5S. The van der Waals surface area contributed by atoms with Gasteiger partial charge in [0.15, 0.2) is 0 Å². The van der Waals surface area contributed by atoms with E-state index in [9.17, 15) is 13.2 Å². The highest BCUT2D eigenvalue weighted by atomic mass is 32.2. The lowest BCUT2D eigenvalue weighted by Crippen LogP contribution is -2.35. The number of aliphatic carboxylic acids is 1. The van der Waals surface area contributed by atoms with Crippen molar-refractivity contribution < 1.29 is 23.1 Å². The predicted octanol–water partition coefficient (Wildman–Crippen LogP) is 0.852. The zero-order chi connectivity index (χ0) is 14.6. The molecule has 0 saturated carbocycles. The van der Waals surface area contributed by atoms with E-state index >= 15 is 0 Å². The second-order valence-electron chi connectivity index (χ2n) is 4.43. The molecule has 0 radical (unpaired) electrons.